The molecule has 0 saturated heterocycles. The summed E-state index contributed by atoms with van der Waals surface area (Å²) in [6, 6.07) is 13.7. The molecule has 0 atom stereocenters. The maximum Gasteiger partial charge on any atom is 0.246 e. The first-order valence-corrected chi connectivity index (χ1v) is 8.07. The van der Waals surface area contributed by atoms with Gasteiger partial charge < -0.3 is 4.90 Å². The minimum Gasteiger partial charge on any atom is -0.334 e. The Balaban J connectivity index is 2.05. The van der Waals surface area contributed by atoms with Crippen LogP contribution in [0, 0.1) is 0 Å². The summed E-state index contributed by atoms with van der Waals surface area (Å²) in [7, 11) is 0. The molecule has 1 amide bonds. The summed E-state index contributed by atoms with van der Waals surface area (Å²) < 4.78 is 0. The molecule has 22 heavy (non-hydrogen) atoms. The van der Waals surface area contributed by atoms with Crippen molar-refractivity contribution in [2.75, 3.05) is 6.54 Å². The van der Waals surface area contributed by atoms with Gasteiger partial charge in [0.1, 0.15) is 5.78 Å². The van der Waals surface area contributed by atoms with Gasteiger partial charge in [-0.2, -0.15) is 0 Å². The zero-order valence-corrected chi connectivity index (χ0v) is 13.4. The fourth-order valence-electron chi connectivity index (χ4n) is 2.01. The molecule has 1 heterocycles. The summed E-state index contributed by atoms with van der Waals surface area (Å²) in [6.45, 7) is 2.51. The van der Waals surface area contributed by atoms with Crippen molar-refractivity contribution in [1.82, 2.24) is 4.90 Å². The average Bonchev–Trinajstić information content (AvgIpc) is 3.03. The molecule has 1 aromatic carbocycles. The highest BCUT2D eigenvalue weighted by Gasteiger charge is 2.12. The Hall–Kier alpha value is -2.20. The number of hydrogen-bond acceptors (Lipinski definition) is 3. The molecule has 0 aliphatic heterocycles. The first-order chi connectivity index (χ1) is 10.6. The van der Waals surface area contributed by atoms with Crippen LogP contribution < -0.4 is 0 Å². The predicted molar refractivity (Wildman–Crippen MR) is 90.5 cm³/mol. The van der Waals surface area contributed by atoms with Gasteiger partial charge >= 0.3 is 0 Å². The van der Waals surface area contributed by atoms with Gasteiger partial charge in [-0.05, 0) is 30.0 Å². The lowest BCUT2D eigenvalue weighted by atomic mass is 10.2. The lowest BCUT2D eigenvalue weighted by Gasteiger charge is -2.20. The van der Waals surface area contributed by atoms with E-state index in [2.05, 4.69) is 0 Å². The van der Waals surface area contributed by atoms with Gasteiger partial charge in [0.05, 0.1) is 0 Å². The Bertz CT molecular complexity index is 632. The second-order valence-electron chi connectivity index (χ2n) is 5.05. The molecule has 0 fully saturated rings. The smallest absolute Gasteiger partial charge is 0.246 e. The second-order valence-corrected chi connectivity index (χ2v) is 6.03. The Labute approximate surface area is 134 Å². The lowest BCUT2D eigenvalue weighted by molar-refractivity contribution is -0.127. The maximum absolute atomic E-state index is 12.4. The van der Waals surface area contributed by atoms with E-state index in [0.29, 0.717) is 19.5 Å². The van der Waals surface area contributed by atoms with E-state index in [1.54, 1.807) is 29.2 Å². The Morgan fingerprint density at radius 3 is 2.55 bits per heavy atom. The Morgan fingerprint density at radius 2 is 1.91 bits per heavy atom. The first kappa shape index (κ1) is 16.2. The van der Waals surface area contributed by atoms with Crippen LogP contribution in [0.4, 0.5) is 0 Å². The van der Waals surface area contributed by atoms with E-state index in [1.807, 2.05) is 53.9 Å². The summed E-state index contributed by atoms with van der Waals surface area (Å²) in [5, 5.41) is 1.97. The molecule has 0 unspecified atom stereocenters. The van der Waals surface area contributed by atoms with Crippen LogP contribution in [0.1, 0.15) is 23.8 Å². The van der Waals surface area contributed by atoms with E-state index in [0.717, 1.165) is 10.4 Å². The number of nitrogens with zero attached hydrogens (tertiary/aromatic N) is 1. The summed E-state index contributed by atoms with van der Waals surface area (Å²) in [5.74, 6) is 0.0200. The van der Waals surface area contributed by atoms with Crippen molar-refractivity contribution in [2.24, 2.45) is 0 Å². The number of ketones is 1. The molecule has 114 valence electrons. The normalized spacial score (nSPS) is 10.8. The van der Waals surface area contributed by atoms with E-state index in [-0.39, 0.29) is 11.7 Å². The molecule has 0 radical (unpaired) electrons. The van der Waals surface area contributed by atoms with Crippen LogP contribution in [0.5, 0.6) is 0 Å². The third kappa shape index (κ3) is 5.30. The summed E-state index contributed by atoms with van der Waals surface area (Å²) in [4.78, 5) is 26.4. The fraction of sp³-hybridized carbons (Fsp3) is 0.222. The van der Waals surface area contributed by atoms with Crippen molar-refractivity contribution in [1.29, 1.82) is 0 Å². The van der Waals surface area contributed by atoms with E-state index in [9.17, 15) is 9.59 Å². The number of carbonyl (C=O) groups is 2. The highest BCUT2D eigenvalue weighted by molar-refractivity contribution is 7.10. The van der Waals surface area contributed by atoms with Crippen LogP contribution in [-0.4, -0.2) is 23.1 Å². The lowest BCUT2D eigenvalue weighted by Crippen LogP contribution is -2.30. The van der Waals surface area contributed by atoms with Gasteiger partial charge in [-0.25, -0.2) is 0 Å². The van der Waals surface area contributed by atoms with E-state index >= 15 is 0 Å². The molecule has 0 aliphatic carbocycles. The van der Waals surface area contributed by atoms with Crippen molar-refractivity contribution < 1.29 is 9.59 Å². The van der Waals surface area contributed by atoms with Crippen molar-refractivity contribution in [3.63, 3.8) is 0 Å². The molecule has 0 saturated carbocycles. The summed E-state index contributed by atoms with van der Waals surface area (Å²) in [6.07, 6.45) is 3.78. The van der Waals surface area contributed by atoms with Crippen molar-refractivity contribution in [3.8, 4) is 0 Å². The van der Waals surface area contributed by atoms with Gasteiger partial charge in [0.2, 0.25) is 5.91 Å². The number of Topliss-reactive ketones (excluding diaryl/α,β-unsaturated/α-hetero) is 1. The van der Waals surface area contributed by atoms with Gasteiger partial charge in [-0.3, -0.25) is 9.59 Å². The molecular formula is C18H19NO2S. The Morgan fingerprint density at radius 1 is 1.14 bits per heavy atom. The summed E-state index contributed by atoms with van der Waals surface area (Å²) in [5.41, 5.74) is 1.06. The maximum atomic E-state index is 12.4. The number of rotatable bonds is 7. The number of hydrogen-bond donors (Lipinski definition) is 0. The van der Waals surface area contributed by atoms with Crippen LogP contribution in [0.3, 0.4) is 0 Å². The third-order valence-electron chi connectivity index (χ3n) is 3.20. The van der Waals surface area contributed by atoms with Crippen LogP contribution in [0.25, 0.3) is 6.08 Å². The van der Waals surface area contributed by atoms with Gasteiger partial charge in [0.15, 0.2) is 0 Å². The van der Waals surface area contributed by atoms with E-state index < -0.39 is 0 Å². The number of amides is 1. The fourth-order valence-corrected chi connectivity index (χ4v) is 2.63. The first-order valence-electron chi connectivity index (χ1n) is 7.19. The zero-order valence-electron chi connectivity index (χ0n) is 12.6. The molecule has 3 nitrogen and oxygen atoms in total. The van der Waals surface area contributed by atoms with Gasteiger partial charge in [-0.1, -0.05) is 36.4 Å². The van der Waals surface area contributed by atoms with Gasteiger partial charge in [-0.15, -0.1) is 11.3 Å². The minimum absolute atomic E-state index is 0.0708. The molecule has 0 aliphatic rings. The second kappa shape index (κ2) is 8.29. The molecular weight excluding hydrogens is 294 g/mol. The number of thiophene rings is 1. The molecule has 2 aromatic rings. The molecule has 4 heteroatoms. The molecule has 0 spiro atoms. The topological polar surface area (TPSA) is 37.4 Å². The largest absolute Gasteiger partial charge is 0.334 e. The highest BCUT2D eigenvalue weighted by Crippen LogP contribution is 2.12. The van der Waals surface area contributed by atoms with Gasteiger partial charge in [0, 0.05) is 30.5 Å². The monoisotopic (exact) mass is 313 g/mol. The van der Waals surface area contributed by atoms with Crippen LogP contribution >= 0.6 is 11.3 Å². The summed E-state index contributed by atoms with van der Waals surface area (Å²) >= 11 is 1.59. The van der Waals surface area contributed by atoms with E-state index in [4.69, 9.17) is 0 Å². The standard InChI is InChI=1S/C18H19NO2S/c1-15(20)11-12-19(14-16-6-3-2-4-7-16)18(21)10-9-17-8-5-13-22-17/h2-10,13H,11-12,14H2,1H3/b10-9+. The van der Waals surface area contributed by atoms with E-state index in [1.165, 1.54) is 0 Å². The van der Waals surface area contributed by atoms with Crippen molar-refractivity contribution >= 4 is 29.1 Å². The number of carbonyl (C=O) groups excluding carboxylic acids is 2. The molecule has 1 aromatic heterocycles. The predicted octanol–water partition coefficient (Wildman–Crippen LogP) is 3.77. The SMILES string of the molecule is CC(=O)CCN(Cc1ccccc1)C(=O)/C=C/c1cccs1. The van der Waals surface area contributed by atoms with Crippen molar-refractivity contribution in [2.45, 2.75) is 19.9 Å². The van der Waals surface area contributed by atoms with Crippen LogP contribution in [0.15, 0.2) is 53.9 Å². The zero-order chi connectivity index (χ0) is 15.8. The van der Waals surface area contributed by atoms with Crippen LogP contribution in [0.2, 0.25) is 0 Å². The minimum atomic E-state index is -0.0708. The Kier molecular flexibility index (Phi) is 6.10. The van der Waals surface area contributed by atoms with Gasteiger partial charge in [0.25, 0.3) is 0 Å². The molecule has 0 bridgehead atoms. The number of benzene rings is 1. The quantitative estimate of drug-likeness (QED) is 0.730. The highest BCUT2D eigenvalue weighted by atomic mass is 32.1. The molecule has 0 N–H and O–H groups in total. The van der Waals surface area contributed by atoms with Crippen molar-refractivity contribution in [3.05, 3.63) is 64.4 Å². The van der Waals surface area contributed by atoms with Crippen LogP contribution in [-0.2, 0) is 16.1 Å². The molecule has 2 rings (SSSR count). The third-order valence-corrected chi connectivity index (χ3v) is 4.03. The average molecular weight is 313 g/mol.